The second kappa shape index (κ2) is 9.46. The van der Waals surface area contributed by atoms with Crippen molar-refractivity contribution in [3.63, 3.8) is 0 Å². The van der Waals surface area contributed by atoms with E-state index in [1.54, 1.807) is 24.3 Å². The van der Waals surface area contributed by atoms with E-state index in [1.807, 2.05) is 0 Å². The molecule has 0 radical (unpaired) electrons. The zero-order valence-electron chi connectivity index (χ0n) is 17.3. The molecule has 8 heteroatoms. The summed E-state index contributed by atoms with van der Waals surface area (Å²) in [5.41, 5.74) is 1.15. The molecule has 0 bridgehead atoms. The summed E-state index contributed by atoms with van der Waals surface area (Å²) >= 11 is 0. The third-order valence-electron chi connectivity index (χ3n) is 6.09. The van der Waals surface area contributed by atoms with Gasteiger partial charge in [-0.05, 0) is 54.7 Å². The van der Waals surface area contributed by atoms with Crippen LogP contribution in [0.1, 0.15) is 47.6 Å². The van der Waals surface area contributed by atoms with E-state index < -0.39 is 10.0 Å². The minimum atomic E-state index is -3.69. The van der Waals surface area contributed by atoms with Gasteiger partial charge < -0.3 is 10.1 Å². The van der Waals surface area contributed by atoms with Crippen LogP contribution in [0, 0.1) is 11.7 Å². The number of morpholine rings is 1. The number of rotatable bonds is 6. The highest BCUT2D eigenvalue weighted by Gasteiger charge is 2.30. The van der Waals surface area contributed by atoms with Gasteiger partial charge in [0.1, 0.15) is 5.82 Å². The highest BCUT2D eigenvalue weighted by atomic mass is 32.2. The first-order chi connectivity index (χ1) is 14.9. The van der Waals surface area contributed by atoms with Crippen molar-refractivity contribution in [2.75, 3.05) is 26.3 Å². The molecule has 1 aliphatic carbocycles. The molecule has 2 aliphatic rings. The largest absolute Gasteiger partial charge is 0.379 e. The summed E-state index contributed by atoms with van der Waals surface area (Å²) in [4.78, 5) is 13.2. The van der Waals surface area contributed by atoms with Gasteiger partial charge in [0.25, 0.3) is 5.91 Å². The normalized spacial score (nSPS) is 19.3. The molecule has 2 aromatic carbocycles. The number of amides is 1. The molecule has 0 spiro atoms. The molecule has 1 heterocycles. The maximum atomic E-state index is 13.4. The van der Waals surface area contributed by atoms with Crippen LogP contribution in [-0.2, 0) is 14.8 Å². The smallest absolute Gasteiger partial charge is 0.251 e. The van der Waals surface area contributed by atoms with Crippen LogP contribution in [0.5, 0.6) is 0 Å². The Bertz CT molecular complexity index is 1010. The fourth-order valence-electron chi connectivity index (χ4n) is 4.39. The first-order valence-electron chi connectivity index (χ1n) is 10.7. The Hall–Kier alpha value is -2.29. The van der Waals surface area contributed by atoms with Gasteiger partial charge in [0.05, 0.1) is 24.2 Å². The average Bonchev–Trinajstić information content (AvgIpc) is 3.33. The fourth-order valence-corrected chi connectivity index (χ4v) is 5.85. The minimum Gasteiger partial charge on any atom is -0.379 e. The Balaban J connectivity index is 1.56. The summed E-state index contributed by atoms with van der Waals surface area (Å²) in [6.07, 6.45) is 4.19. The molecule has 1 atom stereocenters. The van der Waals surface area contributed by atoms with Crippen molar-refractivity contribution >= 4 is 15.9 Å². The summed E-state index contributed by atoms with van der Waals surface area (Å²) in [6.45, 7) is 1.32. The Morgan fingerprint density at radius 1 is 1.06 bits per heavy atom. The maximum absolute atomic E-state index is 13.4. The van der Waals surface area contributed by atoms with Crippen LogP contribution in [0.4, 0.5) is 4.39 Å². The van der Waals surface area contributed by atoms with Crippen molar-refractivity contribution in [1.29, 1.82) is 0 Å². The van der Waals surface area contributed by atoms with Gasteiger partial charge in [-0.1, -0.05) is 31.0 Å². The standard InChI is InChI=1S/C23H27FN2O4S/c24-20-10-8-18(9-11-20)22(17-4-1-2-5-17)25-23(27)19-6-3-7-21(16-19)31(28,29)26-12-14-30-15-13-26/h3,6-11,16-17,22H,1-2,4-5,12-15H2,(H,25,27). The zero-order valence-corrected chi connectivity index (χ0v) is 18.1. The molecule has 1 saturated carbocycles. The Morgan fingerprint density at radius 2 is 1.74 bits per heavy atom. The number of carbonyl (C=O) groups is 1. The van der Waals surface area contributed by atoms with Gasteiger partial charge in [0, 0.05) is 18.7 Å². The lowest BCUT2D eigenvalue weighted by Gasteiger charge is -2.27. The minimum absolute atomic E-state index is 0.0984. The molecule has 4 rings (SSSR count). The van der Waals surface area contributed by atoms with Crippen molar-refractivity contribution in [2.24, 2.45) is 5.92 Å². The Labute approximate surface area is 182 Å². The quantitative estimate of drug-likeness (QED) is 0.737. The van der Waals surface area contributed by atoms with E-state index in [2.05, 4.69) is 5.32 Å². The lowest BCUT2D eigenvalue weighted by molar-refractivity contribution is 0.0730. The van der Waals surface area contributed by atoms with Crippen molar-refractivity contribution in [1.82, 2.24) is 9.62 Å². The average molecular weight is 447 g/mol. The Kier molecular flexibility index (Phi) is 6.69. The van der Waals surface area contributed by atoms with E-state index in [4.69, 9.17) is 4.74 Å². The Morgan fingerprint density at radius 3 is 2.42 bits per heavy atom. The first kappa shape index (κ1) is 21.9. The van der Waals surface area contributed by atoms with Crippen LogP contribution in [0.15, 0.2) is 53.4 Å². The summed E-state index contributed by atoms with van der Waals surface area (Å²) < 4.78 is 45.9. The topological polar surface area (TPSA) is 75.7 Å². The van der Waals surface area contributed by atoms with E-state index in [-0.39, 0.29) is 28.6 Å². The van der Waals surface area contributed by atoms with Crippen LogP contribution in [0.2, 0.25) is 0 Å². The maximum Gasteiger partial charge on any atom is 0.251 e. The van der Waals surface area contributed by atoms with E-state index in [0.29, 0.717) is 31.9 Å². The number of sulfonamides is 1. The number of halogens is 1. The summed E-state index contributed by atoms with van der Waals surface area (Å²) in [6, 6.07) is 12.1. The van der Waals surface area contributed by atoms with Gasteiger partial charge in [-0.2, -0.15) is 4.31 Å². The van der Waals surface area contributed by atoms with Crippen LogP contribution in [0.25, 0.3) is 0 Å². The molecule has 1 unspecified atom stereocenters. The fraction of sp³-hybridized carbons (Fsp3) is 0.435. The van der Waals surface area contributed by atoms with Crippen LogP contribution < -0.4 is 5.32 Å². The molecule has 6 nitrogen and oxygen atoms in total. The second-order valence-electron chi connectivity index (χ2n) is 8.09. The van der Waals surface area contributed by atoms with Gasteiger partial charge in [-0.3, -0.25) is 4.79 Å². The van der Waals surface area contributed by atoms with E-state index >= 15 is 0 Å². The molecule has 166 valence electrons. The second-order valence-corrected chi connectivity index (χ2v) is 10.0. The highest BCUT2D eigenvalue weighted by Crippen LogP contribution is 2.36. The number of ether oxygens (including phenoxy) is 1. The molecule has 0 aromatic heterocycles. The number of benzene rings is 2. The number of carbonyl (C=O) groups excluding carboxylic acids is 1. The molecule has 2 aromatic rings. The summed E-state index contributed by atoms with van der Waals surface area (Å²) in [7, 11) is -3.69. The summed E-state index contributed by atoms with van der Waals surface area (Å²) in [5.74, 6) is -0.379. The molecule has 2 fully saturated rings. The zero-order chi connectivity index (χ0) is 21.8. The van der Waals surface area contributed by atoms with E-state index in [1.165, 1.54) is 28.6 Å². The molecular weight excluding hydrogens is 419 g/mol. The lowest BCUT2D eigenvalue weighted by atomic mass is 9.91. The van der Waals surface area contributed by atoms with Crippen molar-refractivity contribution in [3.05, 3.63) is 65.5 Å². The molecule has 1 saturated heterocycles. The lowest BCUT2D eigenvalue weighted by Crippen LogP contribution is -2.40. The molecule has 1 N–H and O–H groups in total. The predicted molar refractivity (Wildman–Crippen MR) is 115 cm³/mol. The van der Waals surface area contributed by atoms with Gasteiger partial charge in [0.15, 0.2) is 0 Å². The summed E-state index contributed by atoms with van der Waals surface area (Å²) in [5, 5.41) is 3.08. The molecule has 1 aliphatic heterocycles. The third kappa shape index (κ3) is 4.97. The van der Waals surface area contributed by atoms with Crippen LogP contribution in [0.3, 0.4) is 0 Å². The predicted octanol–water partition coefficient (Wildman–Crippen LogP) is 3.51. The number of hydrogen-bond acceptors (Lipinski definition) is 4. The van der Waals surface area contributed by atoms with Gasteiger partial charge in [-0.15, -0.1) is 0 Å². The highest BCUT2D eigenvalue weighted by molar-refractivity contribution is 7.89. The van der Waals surface area contributed by atoms with Crippen molar-refractivity contribution in [2.45, 2.75) is 36.6 Å². The molecular formula is C23H27FN2O4S. The van der Waals surface area contributed by atoms with E-state index in [0.717, 1.165) is 31.2 Å². The third-order valence-corrected chi connectivity index (χ3v) is 7.99. The van der Waals surface area contributed by atoms with E-state index in [9.17, 15) is 17.6 Å². The molecule has 31 heavy (non-hydrogen) atoms. The number of nitrogens with one attached hydrogen (secondary N) is 1. The number of nitrogens with zero attached hydrogens (tertiary/aromatic N) is 1. The van der Waals surface area contributed by atoms with Gasteiger partial charge in [-0.25, -0.2) is 12.8 Å². The SMILES string of the molecule is O=C(NC(c1ccc(F)cc1)C1CCCC1)c1cccc(S(=O)(=O)N2CCOCC2)c1. The van der Waals surface area contributed by atoms with Crippen LogP contribution >= 0.6 is 0 Å². The monoisotopic (exact) mass is 446 g/mol. The van der Waals surface area contributed by atoms with Crippen molar-refractivity contribution in [3.8, 4) is 0 Å². The first-order valence-corrected chi connectivity index (χ1v) is 12.1. The van der Waals surface area contributed by atoms with Crippen LogP contribution in [-0.4, -0.2) is 44.9 Å². The van der Waals surface area contributed by atoms with Gasteiger partial charge in [0.2, 0.25) is 10.0 Å². The number of hydrogen-bond donors (Lipinski definition) is 1. The molecule has 1 amide bonds. The van der Waals surface area contributed by atoms with Crippen molar-refractivity contribution < 1.29 is 22.3 Å². The van der Waals surface area contributed by atoms with Gasteiger partial charge >= 0.3 is 0 Å².